The molecule has 1 aliphatic rings. The Hall–Kier alpha value is -1.36. The molecule has 1 aromatic carbocycles. The monoisotopic (exact) mass is 353 g/mol. The van der Waals surface area contributed by atoms with E-state index in [1.807, 2.05) is 32.0 Å². The number of rotatable bonds is 3. The highest BCUT2D eigenvalue weighted by atomic mass is 79.9. The number of aliphatic carboxylic acids is 1. The highest BCUT2D eigenvalue weighted by Gasteiger charge is 2.35. The number of carbonyl (C=O) groups excluding carboxylic acids is 1. The smallest absolute Gasteiger partial charge is 0.308 e. The van der Waals surface area contributed by atoms with Crippen molar-refractivity contribution < 1.29 is 14.7 Å². The fraction of sp³-hybridized carbons (Fsp3) is 0.500. The van der Waals surface area contributed by atoms with Crippen LogP contribution in [0.25, 0.3) is 0 Å². The Labute approximate surface area is 133 Å². The van der Waals surface area contributed by atoms with Gasteiger partial charge in [0.1, 0.15) is 0 Å². The molecule has 1 N–H and O–H groups in total. The Morgan fingerprint density at radius 2 is 2.14 bits per heavy atom. The number of amides is 1. The van der Waals surface area contributed by atoms with E-state index in [0.717, 1.165) is 22.0 Å². The number of benzene rings is 1. The lowest BCUT2D eigenvalue weighted by atomic mass is 9.89. The summed E-state index contributed by atoms with van der Waals surface area (Å²) in [6, 6.07) is 5.62. The standard InChI is InChI=1S/C16H20BrNO3/c1-10-8-13(17)6-5-12(10)9-15(19)18-7-3-4-14(11(18)2)16(20)21/h5-6,8,11,14H,3-4,7,9H2,1-2H3,(H,20,21)/t11-,14-/m1/s1. The molecule has 1 saturated heterocycles. The SMILES string of the molecule is Cc1cc(Br)ccc1CC(=O)N1CCC[C@@H](C(=O)O)[C@H]1C. The first kappa shape index (κ1) is 16.0. The number of carboxylic acids is 1. The van der Waals surface area contributed by atoms with Gasteiger partial charge in [-0.1, -0.05) is 22.0 Å². The number of halogens is 1. The molecule has 0 aliphatic carbocycles. The quantitative estimate of drug-likeness (QED) is 0.908. The average molecular weight is 354 g/mol. The van der Waals surface area contributed by atoms with Gasteiger partial charge >= 0.3 is 5.97 Å². The van der Waals surface area contributed by atoms with Crippen LogP contribution in [0.2, 0.25) is 0 Å². The lowest BCUT2D eigenvalue weighted by Gasteiger charge is -2.37. The second-order valence-electron chi connectivity index (χ2n) is 5.66. The van der Waals surface area contributed by atoms with Crippen molar-refractivity contribution in [3.8, 4) is 0 Å². The zero-order valence-corrected chi connectivity index (χ0v) is 13.9. The first-order valence-corrected chi connectivity index (χ1v) is 7.96. The van der Waals surface area contributed by atoms with Crippen molar-refractivity contribution in [3.63, 3.8) is 0 Å². The Morgan fingerprint density at radius 3 is 2.76 bits per heavy atom. The van der Waals surface area contributed by atoms with Gasteiger partial charge in [0.25, 0.3) is 0 Å². The molecule has 4 nitrogen and oxygen atoms in total. The summed E-state index contributed by atoms with van der Waals surface area (Å²) in [5.74, 6) is -1.24. The van der Waals surface area contributed by atoms with Crippen molar-refractivity contribution in [2.75, 3.05) is 6.54 Å². The number of carboxylic acid groups (broad SMARTS) is 1. The predicted molar refractivity (Wildman–Crippen MR) is 84.1 cm³/mol. The highest BCUT2D eigenvalue weighted by molar-refractivity contribution is 9.10. The van der Waals surface area contributed by atoms with E-state index in [2.05, 4.69) is 15.9 Å². The van der Waals surface area contributed by atoms with Gasteiger partial charge in [0.15, 0.2) is 0 Å². The lowest BCUT2D eigenvalue weighted by Crippen LogP contribution is -2.49. The Morgan fingerprint density at radius 1 is 1.43 bits per heavy atom. The minimum absolute atomic E-state index is 0.0128. The van der Waals surface area contributed by atoms with Gasteiger partial charge in [-0.05, 0) is 49.9 Å². The van der Waals surface area contributed by atoms with Crippen LogP contribution in [0.4, 0.5) is 0 Å². The molecule has 114 valence electrons. The minimum Gasteiger partial charge on any atom is -0.481 e. The van der Waals surface area contributed by atoms with Gasteiger partial charge in [-0.15, -0.1) is 0 Å². The molecular formula is C16H20BrNO3. The zero-order chi connectivity index (χ0) is 15.6. The molecular weight excluding hydrogens is 334 g/mol. The summed E-state index contributed by atoms with van der Waals surface area (Å²) in [6.07, 6.45) is 1.74. The second-order valence-corrected chi connectivity index (χ2v) is 6.58. The lowest BCUT2D eigenvalue weighted by molar-refractivity contribution is -0.148. The molecule has 1 fully saturated rings. The van der Waals surface area contributed by atoms with E-state index in [1.54, 1.807) is 4.90 Å². The van der Waals surface area contributed by atoms with Crippen LogP contribution < -0.4 is 0 Å². The van der Waals surface area contributed by atoms with Crippen molar-refractivity contribution >= 4 is 27.8 Å². The molecule has 0 aromatic heterocycles. The van der Waals surface area contributed by atoms with Gasteiger partial charge in [-0.2, -0.15) is 0 Å². The van der Waals surface area contributed by atoms with Gasteiger partial charge in [-0.3, -0.25) is 9.59 Å². The Bertz CT molecular complexity index is 558. The summed E-state index contributed by atoms with van der Waals surface area (Å²) in [5.41, 5.74) is 2.06. The topological polar surface area (TPSA) is 57.6 Å². The number of nitrogens with zero attached hydrogens (tertiary/aromatic N) is 1. The van der Waals surface area contributed by atoms with E-state index in [0.29, 0.717) is 19.4 Å². The van der Waals surface area contributed by atoms with Crippen LogP contribution in [0.1, 0.15) is 30.9 Å². The van der Waals surface area contributed by atoms with Crippen LogP contribution in [-0.4, -0.2) is 34.5 Å². The fourth-order valence-electron chi connectivity index (χ4n) is 2.95. The molecule has 1 aliphatic heterocycles. The third-order valence-electron chi connectivity index (χ3n) is 4.27. The first-order valence-electron chi connectivity index (χ1n) is 7.17. The summed E-state index contributed by atoms with van der Waals surface area (Å²) in [4.78, 5) is 25.5. The van der Waals surface area contributed by atoms with Crippen molar-refractivity contribution in [3.05, 3.63) is 33.8 Å². The van der Waals surface area contributed by atoms with Crippen molar-refractivity contribution in [1.82, 2.24) is 4.90 Å². The highest BCUT2D eigenvalue weighted by Crippen LogP contribution is 2.25. The van der Waals surface area contributed by atoms with E-state index in [1.165, 1.54) is 0 Å². The summed E-state index contributed by atoms with van der Waals surface area (Å²) in [6.45, 7) is 4.47. The predicted octanol–water partition coefficient (Wildman–Crippen LogP) is 3.01. The van der Waals surface area contributed by atoms with E-state index in [4.69, 9.17) is 0 Å². The number of hydrogen-bond acceptors (Lipinski definition) is 2. The molecule has 0 spiro atoms. The minimum atomic E-state index is -0.806. The van der Waals surface area contributed by atoms with Crippen LogP contribution >= 0.6 is 15.9 Å². The van der Waals surface area contributed by atoms with E-state index >= 15 is 0 Å². The van der Waals surface area contributed by atoms with Crippen LogP contribution in [0.5, 0.6) is 0 Å². The summed E-state index contributed by atoms with van der Waals surface area (Å²) in [5, 5.41) is 9.23. The molecule has 0 radical (unpaired) electrons. The van der Waals surface area contributed by atoms with Crippen LogP contribution in [0.3, 0.4) is 0 Å². The molecule has 0 unspecified atom stereocenters. The van der Waals surface area contributed by atoms with E-state index in [9.17, 15) is 14.7 Å². The van der Waals surface area contributed by atoms with Crippen LogP contribution in [0.15, 0.2) is 22.7 Å². The maximum absolute atomic E-state index is 12.5. The number of carbonyl (C=O) groups is 2. The van der Waals surface area contributed by atoms with E-state index < -0.39 is 11.9 Å². The van der Waals surface area contributed by atoms with Gasteiger partial charge in [0.2, 0.25) is 5.91 Å². The average Bonchev–Trinajstić information content (AvgIpc) is 2.41. The second kappa shape index (κ2) is 6.60. The molecule has 1 heterocycles. The van der Waals surface area contributed by atoms with Gasteiger partial charge < -0.3 is 10.0 Å². The normalized spacial score (nSPS) is 22.1. The molecule has 1 amide bonds. The third kappa shape index (κ3) is 3.64. The fourth-order valence-corrected chi connectivity index (χ4v) is 3.42. The van der Waals surface area contributed by atoms with Crippen molar-refractivity contribution in [2.24, 2.45) is 5.92 Å². The van der Waals surface area contributed by atoms with Crippen LogP contribution in [0, 0.1) is 12.8 Å². The number of piperidine rings is 1. The molecule has 2 atom stereocenters. The first-order chi connectivity index (χ1) is 9.90. The van der Waals surface area contributed by atoms with Crippen LogP contribution in [-0.2, 0) is 16.0 Å². The number of likely N-dealkylation sites (tertiary alicyclic amines) is 1. The summed E-state index contributed by atoms with van der Waals surface area (Å²) < 4.78 is 0.994. The molecule has 21 heavy (non-hydrogen) atoms. The van der Waals surface area contributed by atoms with Crippen molar-refractivity contribution in [1.29, 1.82) is 0 Å². The molecule has 0 saturated carbocycles. The Kier molecular flexibility index (Phi) is 5.04. The largest absolute Gasteiger partial charge is 0.481 e. The maximum Gasteiger partial charge on any atom is 0.308 e. The number of aryl methyl sites for hydroxylation is 1. The zero-order valence-electron chi connectivity index (χ0n) is 12.3. The van der Waals surface area contributed by atoms with E-state index in [-0.39, 0.29) is 11.9 Å². The van der Waals surface area contributed by atoms with Gasteiger partial charge in [0.05, 0.1) is 12.3 Å². The maximum atomic E-state index is 12.5. The third-order valence-corrected chi connectivity index (χ3v) is 4.77. The van der Waals surface area contributed by atoms with Gasteiger partial charge in [-0.25, -0.2) is 0 Å². The molecule has 5 heteroatoms. The summed E-state index contributed by atoms with van der Waals surface area (Å²) in [7, 11) is 0. The Balaban J connectivity index is 2.10. The molecule has 1 aromatic rings. The number of hydrogen-bond donors (Lipinski definition) is 1. The van der Waals surface area contributed by atoms with Gasteiger partial charge in [0, 0.05) is 17.1 Å². The molecule has 2 rings (SSSR count). The summed E-state index contributed by atoms with van der Waals surface area (Å²) >= 11 is 3.41. The van der Waals surface area contributed by atoms with Crippen molar-refractivity contribution in [2.45, 2.75) is 39.2 Å². The molecule has 0 bridgehead atoms.